The van der Waals surface area contributed by atoms with Gasteiger partial charge in [0, 0.05) is 11.8 Å². The lowest BCUT2D eigenvalue weighted by atomic mass is 9.71. The van der Waals surface area contributed by atoms with Crippen LogP contribution in [0.4, 0.5) is 0 Å². The van der Waals surface area contributed by atoms with E-state index in [1.165, 1.54) is 6.42 Å². The molecule has 1 aliphatic heterocycles. The molecule has 1 aromatic carbocycles. The summed E-state index contributed by atoms with van der Waals surface area (Å²) in [6.45, 7) is 8.82. The van der Waals surface area contributed by atoms with Gasteiger partial charge in [-0.2, -0.15) is 0 Å². The molecule has 24 heavy (non-hydrogen) atoms. The first kappa shape index (κ1) is 17.4. The van der Waals surface area contributed by atoms with Crippen molar-refractivity contribution in [2.24, 2.45) is 17.8 Å². The molecule has 1 spiro atoms. The molecule has 0 aromatic heterocycles. The molecule has 4 atom stereocenters. The minimum atomic E-state index is -0.626. The maximum absolute atomic E-state index is 12.4. The molecule has 4 unspecified atom stereocenters. The summed E-state index contributed by atoms with van der Waals surface area (Å²) in [5.41, 5.74) is 1.49. The Labute approximate surface area is 144 Å². The van der Waals surface area contributed by atoms with Crippen LogP contribution in [-0.4, -0.2) is 24.7 Å². The summed E-state index contributed by atoms with van der Waals surface area (Å²) in [4.78, 5) is 12.4. The molecule has 4 heteroatoms. The number of esters is 1. The lowest BCUT2D eigenvalue weighted by Crippen LogP contribution is -2.50. The number of aryl methyl sites for hydroxylation is 1. The molecule has 0 radical (unpaired) electrons. The van der Waals surface area contributed by atoms with Gasteiger partial charge in [-0.25, -0.2) is 4.79 Å². The molecule has 1 saturated carbocycles. The fourth-order valence-electron chi connectivity index (χ4n) is 4.18. The Balaban J connectivity index is 1.72. The molecule has 4 nitrogen and oxygen atoms in total. The minimum Gasteiger partial charge on any atom is -0.429 e. The van der Waals surface area contributed by atoms with Crippen LogP contribution in [0.25, 0.3) is 0 Å². The van der Waals surface area contributed by atoms with Crippen molar-refractivity contribution in [3.8, 4) is 0 Å². The third kappa shape index (κ3) is 3.09. The summed E-state index contributed by atoms with van der Waals surface area (Å²) < 4.78 is 18.0. The second kappa shape index (κ2) is 6.85. The zero-order valence-corrected chi connectivity index (χ0v) is 15.1. The molecule has 1 aromatic rings. The monoisotopic (exact) mass is 332 g/mol. The maximum atomic E-state index is 12.4. The third-order valence-corrected chi connectivity index (χ3v) is 5.52. The molecule has 1 aliphatic carbocycles. The molecular formula is C20H28O4. The van der Waals surface area contributed by atoms with Crippen molar-refractivity contribution in [3.63, 3.8) is 0 Å². The van der Waals surface area contributed by atoms with Crippen molar-refractivity contribution in [1.29, 1.82) is 0 Å². The largest absolute Gasteiger partial charge is 0.429 e. The standard InChI is InChI=1S/C20H28O4/c1-13(2)17-11-7-9-15(4)20(17)22-12-18(24-20)23-19(21)16-10-6-5-8-14(16)3/h5-6,8,10,13,15,17-18H,7,9,11-12H2,1-4H3. The second-order valence-electron chi connectivity index (χ2n) is 7.48. The van der Waals surface area contributed by atoms with Crippen LogP contribution in [0.1, 0.15) is 56.0 Å². The van der Waals surface area contributed by atoms with Crippen LogP contribution in [0.2, 0.25) is 0 Å². The summed E-state index contributed by atoms with van der Waals surface area (Å²) >= 11 is 0. The number of carbonyl (C=O) groups is 1. The Morgan fingerprint density at radius 2 is 2.04 bits per heavy atom. The van der Waals surface area contributed by atoms with Crippen LogP contribution in [0.3, 0.4) is 0 Å². The number of hydrogen-bond donors (Lipinski definition) is 0. The summed E-state index contributed by atoms with van der Waals surface area (Å²) in [5, 5.41) is 0. The van der Waals surface area contributed by atoms with Gasteiger partial charge in [-0.1, -0.05) is 45.4 Å². The average Bonchev–Trinajstić information content (AvgIpc) is 2.94. The summed E-state index contributed by atoms with van der Waals surface area (Å²) in [7, 11) is 0. The lowest BCUT2D eigenvalue weighted by Gasteiger charge is -2.45. The van der Waals surface area contributed by atoms with Crippen molar-refractivity contribution in [3.05, 3.63) is 35.4 Å². The van der Waals surface area contributed by atoms with Crippen LogP contribution >= 0.6 is 0 Å². The van der Waals surface area contributed by atoms with Crippen LogP contribution in [-0.2, 0) is 14.2 Å². The first-order valence-electron chi connectivity index (χ1n) is 9.02. The summed E-state index contributed by atoms with van der Waals surface area (Å²) in [5.74, 6) is 0.162. The highest BCUT2D eigenvalue weighted by atomic mass is 16.8. The van der Waals surface area contributed by atoms with Crippen molar-refractivity contribution in [2.75, 3.05) is 6.61 Å². The Bertz CT molecular complexity index is 597. The highest BCUT2D eigenvalue weighted by Crippen LogP contribution is 2.48. The number of ether oxygens (including phenoxy) is 3. The fourth-order valence-corrected chi connectivity index (χ4v) is 4.18. The number of rotatable bonds is 3. The molecule has 2 fully saturated rings. The Kier molecular flexibility index (Phi) is 4.97. The van der Waals surface area contributed by atoms with E-state index in [0.29, 0.717) is 29.9 Å². The Morgan fingerprint density at radius 1 is 1.29 bits per heavy atom. The molecule has 0 amide bonds. The van der Waals surface area contributed by atoms with Gasteiger partial charge in [0.25, 0.3) is 0 Å². The van der Waals surface area contributed by atoms with Crippen molar-refractivity contribution in [1.82, 2.24) is 0 Å². The van der Waals surface area contributed by atoms with E-state index in [-0.39, 0.29) is 5.97 Å². The van der Waals surface area contributed by atoms with E-state index in [4.69, 9.17) is 14.2 Å². The van der Waals surface area contributed by atoms with E-state index in [1.54, 1.807) is 6.07 Å². The fraction of sp³-hybridized carbons (Fsp3) is 0.650. The van der Waals surface area contributed by atoms with E-state index >= 15 is 0 Å². The zero-order valence-electron chi connectivity index (χ0n) is 15.1. The van der Waals surface area contributed by atoms with Crippen LogP contribution in [0.5, 0.6) is 0 Å². The minimum absolute atomic E-state index is 0.306. The molecule has 1 saturated heterocycles. The summed E-state index contributed by atoms with van der Waals surface area (Å²) in [6.07, 6.45) is 2.76. The smallest absolute Gasteiger partial charge is 0.340 e. The number of benzene rings is 1. The van der Waals surface area contributed by atoms with E-state index in [2.05, 4.69) is 20.8 Å². The van der Waals surface area contributed by atoms with Gasteiger partial charge in [-0.3, -0.25) is 0 Å². The van der Waals surface area contributed by atoms with Gasteiger partial charge in [0.1, 0.15) is 6.61 Å². The van der Waals surface area contributed by atoms with Gasteiger partial charge < -0.3 is 14.2 Å². The second-order valence-corrected chi connectivity index (χ2v) is 7.48. The Hall–Kier alpha value is -1.39. The average molecular weight is 332 g/mol. The molecule has 2 aliphatic rings. The Morgan fingerprint density at radius 3 is 2.75 bits per heavy atom. The maximum Gasteiger partial charge on any atom is 0.340 e. The predicted molar refractivity (Wildman–Crippen MR) is 91.5 cm³/mol. The normalized spacial score (nSPS) is 33.1. The van der Waals surface area contributed by atoms with Crippen molar-refractivity contribution in [2.45, 2.75) is 59.0 Å². The quantitative estimate of drug-likeness (QED) is 0.774. The molecule has 132 valence electrons. The van der Waals surface area contributed by atoms with Gasteiger partial charge >= 0.3 is 5.97 Å². The first-order valence-corrected chi connectivity index (χ1v) is 9.02. The van der Waals surface area contributed by atoms with Gasteiger partial charge in [-0.15, -0.1) is 0 Å². The molecule has 1 heterocycles. The highest BCUT2D eigenvalue weighted by molar-refractivity contribution is 5.91. The van der Waals surface area contributed by atoms with E-state index in [9.17, 15) is 4.79 Å². The van der Waals surface area contributed by atoms with Crippen LogP contribution in [0, 0.1) is 24.7 Å². The van der Waals surface area contributed by atoms with Gasteiger partial charge in [0.15, 0.2) is 5.79 Å². The van der Waals surface area contributed by atoms with Crippen molar-refractivity contribution >= 4 is 5.97 Å². The molecule has 0 bridgehead atoms. The number of hydrogen-bond acceptors (Lipinski definition) is 4. The third-order valence-electron chi connectivity index (χ3n) is 5.52. The topological polar surface area (TPSA) is 44.8 Å². The molecule has 3 rings (SSSR count). The summed E-state index contributed by atoms with van der Waals surface area (Å²) in [6, 6.07) is 7.44. The van der Waals surface area contributed by atoms with E-state index in [1.807, 2.05) is 25.1 Å². The van der Waals surface area contributed by atoms with Gasteiger partial charge in [0.05, 0.1) is 5.56 Å². The number of carbonyl (C=O) groups excluding carboxylic acids is 1. The zero-order chi connectivity index (χ0) is 17.3. The molecular weight excluding hydrogens is 304 g/mol. The van der Waals surface area contributed by atoms with Crippen LogP contribution < -0.4 is 0 Å². The van der Waals surface area contributed by atoms with Crippen molar-refractivity contribution < 1.29 is 19.0 Å². The van der Waals surface area contributed by atoms with E-state index < -0.39 is 12.1 Å². The van der Waals surface area contributed by atoms with Crippen LogP contribution in [0.15, 0.2) is 24.3 Å². The molecule has 0 N–H and O–H groups in total. The highest BCUT2D eigenvalue weighted by Gasteiger charge is 2.54. The predicted octanol–water partition coefficient (Wildman–Crippen LogP) is 4.31. The van der Waals surface area contributed by atoms with E-state index in [0.717, 1.165) is 18.4 Å². The van der Waals surface area contributed by atoms with Gasteiger partial charge in [-0.05, 0) is 37.3 Å². The first-order chi connectivity index (χ1) is 11.4. The SMILES string of the molecule is Cc1ccccc1C(=O)OC1COC2(O1)C(C)CCCC2C(C)C. The van der Waals surface area contributed by atoms with Gasteiger partial charge in [0.2, 0.25) is 6.29 Å². The lowest BCUT2D eigenvalue weighted by molar-refractivity contribution is -0.274.